The molecule has 0 radical (unpaired) electrons. The van der Waals surface area contributed by atoms with Gasteiger partial charge in [0.05, 0.1) is 41.1 Å². The van der Waals surface area contributed by atoms with E-state index in [2.05, 4.69) is 16.4 Å². The highest BCUT2D eigenvalue weighted by atomic mass is 16.5. The van der Waals surface area contributed by atoms with Gasteiger partial charge in [-0.25, -0.2) is 4.79 Å². The Morgan fingerprint density at radius 2 is 1.88 bits per heavy atom. The van der Waals surface area contributed by atoms with E-state index in [9.17, 15) is 24.8 Å². The Labute approximate surface area is 237 Å². The molecule has 2 aliphatic heterocycles. The summed E-state index contributed by atoms with van der Waals surface area (Å²) in [5, 5.41) is 22.8. The van der Waals surface area contributed by atoms with Crippen LogP contribution >= 0.6 is 0 Å². The van der Waals surface area contributed by atoms with Gasteiger partial charge < -0.3 is 25.0 Å². The average molecular weight is 554 g/mol. The summed E-state index contributed by atoms with van der Waals surface area (Å²) in [6.45, 7) is 2.74. The van der Waals surface area contributed by atoms with Crippen LogP contribution in [0.5, 0.6) is 0 Å². The van der Waals surface area contributed by atoms with E-state index in [1.165, 1.54) is 4.90 Å². The molecule has 10 heteroatoms. The van der Waals surface area contributed by atoms with E-state index in [0.717, 1.165) is 34.9 Å². The van der Waals surface area contributed by atoms with Crippen LogP contribution in [-0.2, 0) is 20.9 Å². The van der Waals surface area contributed by atoms with Crippen LogP contribution in [0.25, 0.3) is 10.9 Å². The highest BCUT2D eigenvalue weighted by molar-refractivity contribution is 6.09. The number of fused-ring (bicyclic) bond motifs is 2. The van der Waals surface area contributed by atoms with Crippen molar-refractivity contribution in [2.75, 3.05) is 23.0 Å². The van der Waals surface area contributed by atoms with Crippen LogP contribution < -0.4 is 15.1 Å². The molecule has 2 aromatic carbocycles. The third kappa shape index (κ3) is 4.98. The maximum absolute atomic E-state index is 14.4. The number of nitrogens with one attached hydrogen (secondary N) is 1. The summed E-state index contributed by atoms with van der Waals surface area (Å²) in [5.74, 6) is -0.668. The molecular formula is C31H31N5O5. The lowest BCUT2D eigenvalue weighted by Gasteiger charge is -2.35. The Hall–Kier alpha value is -4.49. The number of nitrogens with zero attached hydrogens (tertiary/aromatic N) is 4. The standard InChI is InChI=1S/C31H31N5O5/c1-18-28(34-31(39)40)30(38)35(17-24-22-4-2-3-5-25(22)33-16-23(24)20-7-8-20)26-9-6-19(15-32)14-27(26)36(18)29(37)21-10-12-41-13-11-21/h2-6,9,14,16,18,20-21,28,34H,7-8,10-13,17H2,1H3,(H,39,40)/t18-,28-/m0/s1. The van der Waals surface area contributed by atoms with E-state index < -0.39 is 24.1 Å². The highest BCUT2D eigenvalue weighted by Gasteiger charge is 2.44. The normalized spacial score (nSPS) is 21.2. The van der Waals surface area contributed by atoms with Gasteiger partial charge in [-0.2, -0.15) is 5.26 Å². The molecule has 1 aromatic heterocycles. The van der Waals surface area contributed by atoms with Crippen molar-refractivity contribution in [2.24, 2.45) is 5.92 Å². The summed E-state index contributed by atoms with van der Waals surface area (Å²) in [7, 11) is 0. The van der Waals surface area contributed by atoms with Gasteiger partial charge in [-0.1, -0.05) is 18.2 Å². The zero-order valence-electron chi connectivity index (χ0n) is 22.7. The molecule has 1 saturated carbocycles. The van der Waals surface area contributed by atoms with E-state index in [1.807, 2.05) is 30.5 Å². The third-order valence-corrected chi connectivity index (χ3v) is 8.42. The Morgan fingerprint density at radius 3 is 2.59 bits per heavy atom. The Balaban J connectivity index is 1.53. The second-order valence-electron chi connectivity index (χ2n) is 11.0. The molecule has 10 nitrogen and oxygen atoms in total. The van der Waals surface area contributed by atoms with Gasteiger partial charge in [0.1, 0.15) is 6.04 Å². The molecule has 2 fully saturated rings. The topological polar surface area (TPSA) is 136 Å². The first-order chi connectivity index (χ1) is 19.9. The number of anilines is 2. The van der Waals surface area contributed by atoms with Crippen molar-refractivity contribution in [3.63, 3.8) is 0 Å². The average Bonchev–Trinajstić information content (AvgIpc) is 3.84. The van der Waals surface area contributed by atoms with E-state index in [0.29, 0.717) is 48.9 Å². The molecular weight excluding hydrogens is 522 g/mol. The number of nitriles is 1. The van der Waals surface area contributed by atoms with Crippen molar-refractivity contribution in [1.82, 2.24) is 10.3 Å². The molecule has 3 heterocycles. The molecule has 2 atom stereocenters. The summed E-state index contributed by atoms with van der Waals surface area (Å²) < 4.78 is 5.47. The Morgan fingerprint density at radius 1 is 1.12 bits per heavy atom. The van der Waals surface area contributed by atoms with Crippen LogP contribution in [0.3, 0.4) is 0 Å². The van der Waals surface area contributed by atoms with Crippen molar-refractivity contribution < 1.29 is 24.2 Å². The minimum absolute atomic E-state index is 0.163. The first-order valence-corrected chi connectivity index (χ1v) is 14.0. The molecule has 2 N–H and O–H groups in total. The van der Waals surface area contributed by atoms with E-state index in [1.54, 1.807) is 30.0 Å². The molecule has 3 aromatic rings. The van der Waals surface area contributed by atoms with Crippen LogP contribution in [0, 0.1) is 17.2 Å². The number of amides is 3. The number of carboxylic acid groups (broad SMARTS) is 1. The van der Waals surface area contributed by atoms with Gasteiger partial charge in [-0.15, -0.1) is 0 Å². The van der Waals surface area contributed by atoms with E-state index in [4.69, 9.17) is 4.74 Å². The lowest BCUT2D eigenvalue weighted by Crippen LogP contribution is -2.58. The van der Waals surface area contributed by atoms with Crippen LogP contribution in [0.15, 0.2) is 48.7 Å². The summed E-state index contributed by atoms with van der Waals surface area (Å²) in [6.07, 6.45) is 3.65. The smallest absolute Gasteiger partial charge is 0.405 e. The molecule has 6 rings (SSSR count). The summed E-state index contributed by atoms with van der Waals surface area (Å²) in [6, 6.07) is 12.8. The van der Waals surface area contributed by atoms with E-state index >= 15 is 0 Å². The lowest BCUT2D eigenvalue weighted by atomic mass is 9.96. The zero-order chi connectivity index (χ0) is 28.7. The molecule has 41 heavy (non-hydrogen) atoms. The van der Waals surface area contributed by atoms with Gasteiger partial charge in [0.15, 0.2) is 0 Å². The number of ether oxygens (including phenoxy) is 1. The number of benzene rings is 2. The van der Waals surface area contributed by atoms with Crippen molar-refractivity contribution in [1.29, 1.82) is 5.26 Å². The zero-order valence-corrected chi connectivity index (χ0v) is 22.7. The monoisotopic (exact) mass is 553 g/mol. The van der Waals surface area contributed by atoms with Crippen molar-refractivity contribution in [2.45, 2.75) is 57.2 Å². The van der Waals surface area contributed by atoms with Crippen LogP contribution in [0.1, 0.15) is 55.2 Å². The fourth-order valence-electron chi connectivity index (χ4n) is 6.11. The summed E-state index contributed by atoms with van der Waals surface area (Å²) >= 11 is 0. The second kappa shape index (κ2) is 10.8. The van der Waals surface area contributed by atoms with Crippen molar-refractivity contribution >= 4 is 40.2 Å². The maximum Gasteiger partial charge on any atom is 0.405 e. The van der Waals surface area contributed by atoms with Gasteiger partial charge in [0.2, 0.25) is 5.91 Å². The number of hydrogen-bond acceptors (Lipinski definition) is 6. The highest BCUT2D eigenvalue weighted by Crippen LogP contribution is 2.45. The molecule has 210 valence electrons. The molecule has 0 unspecified atom stereocenters. The minimum Gasteiger partial charge on any atom is -0.465 e. The number of hydrogen-bond donors (Lipinski definition) is 2. The number of rotatable bonds is 5. The first kappa shape index (κ1) is 26.7. The number of carbonyl (C=O) groups excluding carboxylic acids is 2. The Bertz CT molecular complexity index is 1570. The number of carbonyl (C=O) groups is 3. The first-order valence-electron chi connectivity index (χ1n) is 14.0. The minimum atomic E-state index is -1.36. The predicted octanol–water partition coefficient (Wildman–Crippen LogP) is 4.31. The summed E-state index contributed by atoms with van der Waals surface area (Å²) in [4.78, 5) is 48.1. The van der Waals surface area contributed by atoms with Gasteiger partial charge in [-0.3, -0.25) is 14.6 Å². The van der Waals surface area contributed by atoms with Crippen molar-refractivity contribution in [3.05, 3.63) is 65.4 Å². The molecule has 1 aliphatic carbocycles. The maximum atomic E-state index is 14.4. The van der Waals surface area contributed by atoms with Crippen molar-refractivity contribution in [3.8, 4) is 6.07 Å². The Kier molecular flexibility index (Phi) is 7.05. The molecule has 3 amide bonds. The fourth-order valence-corrected chi connectivity index (χ4v) is 6.11. The fraction of sp³-hybridized carbons (Fsp3) is 0.387. The molecule has 3 aliphatic rings. The predicted molar refractivity (Wildman–Crippen MR) is 152 cm³/mol. The molecule has 0 bridgehead atoms. The van der Waals surface area contributed by atoms with Crippen LogP contribution in [0.4, 0.5) is 16.2 Å². The number of pyridine rings is 1. The lowest BCUT2D eigenvalue weighted by molar-refractivity contribution is -0.126. The molecule has 1 saturated heterocycles. The SMILES string of the molecule is C[C@H]1[C@H](NC(=O)O)C(=O)N(Cc2c(C3CC3)cnc3ccccc23)c2ccc(C#N)cc2N1C(=O)C1CCOCC1. The largest absolute Gasteiger partial charge is 0.465 e. The molecule has 0 spiro atoms. The quantitative estimate of drug-likeness (QED) is 0.480. The number of para-hydroxylation sites is 1. The second-order valence-corrected chi connectivity index (χ2v) is 11.0. The van der Waals surface area contributed by atoms with Gasteiger partial charge >= 0.3 is 6.09 Å². The summed E-state index contributed by atoms with van der Waals surface area (Å²) in [5.41, 5.74) is 4.04. The van der Waals surface area contributed by atoms with Gasteiger partial charge in [0.25, 0.3) is 5.91 Å². The van der Waals surface area contributed by atoms with Crippen LogP contribution in [-0.4, -0.2) is 53.3 Å². The third-order valence-electron chi connectivity index (χ3n) is 8.42. The van der Waals surface area contributed by atoms with E-state index in [-0.39, 0.29) is 18.4 Å². The number of aromatic nitrogens is 1. The van der Waals surface area contributed by atoms with Gasteiger partial charge in [-0.05, 0) is 73.9 Å². The van der Waals surface area contributed by atoms with Crippen LogP contribution in [0.2, 0.25) is 0 Å². The van der Waals surface area contributed by atoms with Gasteiger partial charge in [0, 0.05) is 30.7 Å².